The van der Waals surface area contributed by atoms with Gasteiger partial charge in [-0.25, -0.2) is 0 Å². The number of benzene rings is 2. The number of phenolic OH excluding ortho intramolecular Hbond substituents is 2. The summed E-state index contributed by atoms with van der Waals surface area (Å²) in [5.41, 5.74) is 2.82. The molecule has 0 radical (unpaired) electrons. The van der Waals surface area contributed by atoms with Crippen LogP contribution in [0.2, 0.25) is 0 Å². The summed E-state index contributed by atoms with van der Waals surface area (Å²) in [6.07, 6.45) is -4.84. The molecule has 0 bridgehead atoms. The molecule has 1 saturated heterocycles. The topological polar surface area (TPSA) is 212 Å². The number of methoxy groups -OCH3 is 1. The Morgan fingerprint density at radius 3 is 2.54 bits per heavy atom. The second kappa shape index (κ2) is 12.8. The number of ether oxygens (including phenoxy) is 3. The van der Waals surface area contributed by atoms with E-state index in [4.69, 9.17) is 19.9 Å². The fourth-order valence-electron chi connectivity index (χ4n) is 6.20. The number of hydrogen-bond donors (Lipinski definition) is 5. The number of thioether (sulfide) groups is 1. The number of phenols is 2. The molecule has 0 amide bonds. The molecule has 0 spiro atoms. The lowest BCUT2D eigenvalue weighted by Crippen LogP contribution is -2.52. The van der Waals surface area contributed by atoms with E-state index in [2.05, 4.69) is 10.2 Å². The van der Waals surface area contributed by atoms with Crippen molar-refractivity contribution in [1.29, 1.82) is 0 Å². The van der Waals surface area contributed by atoms with Crippen LogP contribution in [-0.4, -0.2) is 91.0 Å². The molecule has 2 aromatic carbocycles. The first-order valence-electron chi connectivity index (χ1n) is 14.1. The standard InChI is InChI=1S/C30H31N3O10S2.ClH/c1-11-24(35)15(31)7-19(42-11)43-17-9-30(40,18(34)10-44-29-33-32-12(2)45-29)8-14-21(17)28(39)23-22(26(14)37)25(36)13-5-4-6-16(41-3)20(13)27(23)38;/h4-6,11,15,17,19,24,35,37,39-40H,7-10,31H2,1-3H3;1H/t11?,15?,17-,19?,24?,30-;/m0./s1. The van der Waals surface area contributed by atoms with Gasteiger partial charge in [-0.2, -0.15) is 0 Å². The number of carbonyl (C=O) groups excluding carboxylic acids is 3. The van der Waals surface area contributed by atoms with Crippen LogP contribution in [-0.2, 0) is 20.7 Å². The number of nitrogens with zero attached hydrogens (tertiary/aromatic N) is 2. The average molecular weight is 694 g/mol. The lowest BCUT2D eigenvalue weighted by atomic mass is 9.72. The number of fused-ring (bicyclic) bond motifs is 3. The summed E-state index contributed by atoms with van der Waals surface area (Å²) in [5, 5.41) is 54.1. The summed E-state index contributed by atoms with van der Waals surface area (Å²) in [6.45, 7) is 3.38. The van der Waals surface area contributed by atoms with Gasteiger partial charge in [-0.1, -0.05) is 35.2 Å². The second-order valence-corrected chi connectivity index (χ2v) is 13.8. The van der Waals surface area contributed by atoms with E-state index < -0.39 is 82.6 Å². The zero-order valence-corrected chi connectivity index (χ0v) is 27.3. The van der Waals surface area contributed by atoms with Gasteiger partial charge in [0.25, 0.3) is 0 Å². The molecule has 246 valence electrons. The van der Waals surface area contributed by atoms with E-state index in [1.165, 1.54) is 36.6 Å². The van der Waals surface area contributed by atoms with Gasteiger partial charge in [-0.3, -0.25) is 14.4 Å². The Hall–Kier alpha value is -3.15. The van der Waals surface area contributed by atoms with Crippen LogP contribution in [0.15, 0.2) is 22.5 Å². The SMILES string of the molecule is COc1cccc2c1C(=O)c1c(O)c3c(c(O)c1C2=O)C[C@@](O)(C(=O)CSc1nnc(C)s1)C[C@@H]3OC1CC(N)C(O)C(C)O1.Cl. The molecular formula is C30H32ClN3O10S2. The number of Topliss-reactive ketones (excluding diaryl/α,β-unsaturated/α-hetero) is 1. The first-order valence-corrected chi connectivity index (χ1v) is 15.9. The molecule has 0 saturated carbocycles. The molecule has 2 heterocycles. The smallest absolute Gasteiger partial charge is 0.202 e. The Morgan fingerprint density at radius 1 is 1.17 bits per heavy atom. The minimum absolute atomic E-state index is 0. The third-order valence-corrected chi connectivity index (χ3v) is 10.5. The molecule has 13 nitrogen and oxygen atoms in total. The third kappa shape index (κ3) is 5.68. The average Bonchev–Trinajstić information content (AvgIpc) is 3.43. The van der Waals surface area contributed by atoms with Crippen LogP contribution < -0.4 is 10.5 Å². The summed E-state index contributed by atoms with van der Waals surface area (Å²) in [6, 6.07) is 3.72. The van der Waals surface area contributed by atoms with E-state index >= 15 is 0 Å². The predicted octanol–water partition coefficient (Wildman–Crippen LogP) is 2.38. The highest BCUT2D eigenvalue weighted by molar-refractivity contribution is 8.01. The van der Waals surface area contributed by atoms with Gasteiger partial charge in [-0.15, -0.1) is 22.6 Å². The van der Waals surface area contributed by atoms with Crippen LogP contribution in [0.1, 0.15) is 73.8 Å². The lowest BCUT2D eigenvalue weighted by Gasteiger charge is -2.42. The monoisotopic (exact) mass is 693 g/mol. The quantitative estimate of drug-likeness (QED) is 0.139. The second-order valence-electron chi connectivity index (χ2n) is 11.4. The summed E-state index contributed by atoms with van der Waals surface area (Å²) in [7, 11) is 1.34. The van der Waals surface area contributed by atoms with Crippen molar-refractivity contribution in [1.82, 2.24) is 10.2 Å². The molecule has 6 atom stereocenters. The molecule has 4 unspecified atom stereocenters. The molecule has 6 N–H and O–H groups in total. The Kier molecular flexibility index (Phi) is 9.52. The number of hydrogen-bond acceptors (Lipinski definition) is 15. The van der Waals surface area contributed by atoms with E-state index in [1.54, 1.807) is 13.8 Å². The highest BCUT2D eigenvalue weighted by atomic mass is 35.5. The number of ketones is 3. The number of aromatic hydroxyl groups is 2. The molecule has 6 rings (SSSR count). The van der Waals surface area contributed by atoms with Crippen molar-refractivity contribution < 1.29 is 49.0 Å². The molecule has 2 aliphatic carbocycles. The number of aliphatic hydroxyl groups is 2. The van der Waals surface area contributed by atoms with Crippen LogP contribution in [0.3, 0.4) is 0 Å². The fourth-order valence-corrected chi connectivity index (χ4v) is 8.01. The van der Waals surface area contributed by atoms with E-state index in [9.17, 15) is 34.8 Å². The number of halogens is 1. The van der Waals surface area contributed by atoms with Crippen molar-refractivity contribution in [2.75, 3.05) is 12.9 Å². The van der Waals surface area contributed by atoms with Gasteiger partial charge >= 0.3 is 0 Å². The van der Waals surface area contributed by atoms with Gasteiger partial charge in [0.1, 0.15) is 27.9 Å². The van der Waals surface area contributed by atoms with Crippen LogP contribution in [0, 0.1) is 6.92 Å². The normalized spacial score (nSPS) is 26.9. The first kappa shape index (κ1) is 34.2. The van der Waals surface area contributed by atoms with Gasteiger partial charge in [-0.05, 0) is 19.9 Å². The van der Waals surface area contributed by atoms with Crippen molar-refractivity contribution in [3.8, 4) is 17.2 Å². The third-order valence-electron chi connectivity index (χ3n) is 8.50. The summed E-state index contributed by atoms with van der Waals surface area (Å²) in [5.74, 6) is -3.46. The minimum atomic E-state index is -2.12. The summed E-state index contributed by atoms with van der Waals surface area (Å²) < 4.78 is 17.9. The molecule has 1 fully saturated rings. The van der Waals surface area contributed by atoms with Crippen LogP contribution >= 0.6 is 35.5 Å². The van der Waals surface area contributed by atoms with Gasteiger partial charge in [0.05, 0.1) is 47.9 Å². The van der Waals surface area contributed by atoms with Gasteiger partial charge < -0.3 is 40.4 Å². The number of aliphatic hydroxyl groups excluding tert-OH is 1. The number of aryl methyl sites for hydroxylation is 1. The Bertz CT molecular complexity index is 1720. The van der Waals surface area contributed by atoms with Crippen molar-refractivity contribution in [2.45, 2.75) is 73.7 Å². The molecular weight excluding hydrogens is 662 g/mol. The molecule has 1 aliphatic heterocycles. The van der Waals surface area contributed by atoms with Crippen molar-refractivity contribution in [2.24, 2.45) is 5.73 Å². The van der Waals surface area contributed by atoms with Gasteiger partial charge in [0.2, 0.25) is 5.78 Å². The highest BCUT2D eigenvalue weighted by Gasteiger charge is 2.50. The maximum atomic E-state index is 13.8. The van der Waals surface area contributed by atoms with Crippen LogP contribution in [0.4, 0.5) is 0 Å². The van der Waals surface area contributed by atoms with E-state index in [0.29, 0.717) is 9.35 Å². The fraction of sp³-hybridized carbons (Fsp3) is 0.433. The minimum Gasteiger partial charge on any atom is -0.507 e. The number of nitrogens with two attached hydrogens (primary N) is 1. The highest BCUT2D eigenvalue weighted by Crippen LogP contribution is 2.52. The lowest BCUT2D eigenvalue weighted by molar-refractivity contribution is -0.247. The first-order chi connectivity index (χ1) is 21.3. The van der Waals surface area contributed by atoms with Crippen molar-refractivity contribution >= 4 is 52.9 Å². The number of rotatable bonds is 7. The maximum absolute atomic E-state index is 13.8. The Morgan fingerprint density at radius 2 is 1.89 bits per heavy atom. The van der Waals surface area contributed by atoms with Gasteiger partial charge in [0.15, 0.2) is 22.2 Å². The van der Waals surface area contributed by atoms with E-state index in [-0.39, 0.29) is 59.0 Å². The van der Waals surface area contributed by atoms with Crippen LogP contribution in [0.5, 0.6) is 17.2 Å². The van der Waals surface area contributed by atoms with Crippen molar-refractivity contribution in [3.63, 3.8) is 0 Å². The molecule has 16 heteroatoms. The zero-order chi connectivity index (χ0) is 32.4. The molecule has 1 aromatic heterocycles. The summed E-state index contributed by atoms with van der Waals surface area (Å²) in [4.78, 5) is 41.2. The maximum Gasteiger partial charge on any atom is 0.202 e. The van der Waals surface area contributed by atoms with E-state index in [0.717, 1.165) is 11.8 Å². The summed E-state index contributed by atoms with van der Waals surface area (Å²) >= 11 is 2.38. The Labute approximate surface area is 277 Å². The zero-order valence-electron chi connectivity index (χ0n) is 24.9. The molecule has 3 aliphatic rings. The Balaban J connectivity index is 0.00000417. The van der Waals surface area contributed by atoms with Crippen molar-refractivity contribution in [3.05, 3.63) is 56.6 Å². The van der Waals surface area contributed by atoms with Crippen LogP contribution in [0.25, 0.3) is 0 Å². The number of aromatic nitrogens is 2. The van der Waals surface area contributed by atoms with E-state index in [1.807, 2.05) is 0 Å². The number of carbonyl (C=O) groups is 3. The van der Waals surface area contributed by atoms with Gasteiger partial charge in [0, 0.05) is 42.0 Å². The largest absolute Gasteiger partial charge is 0.507 e. The molecule has 46 heavy (non-hydrogen) atoms. The molecule has 3 aromatic rings. The predicted molar refractivity (Wildman–Crippen MR) is 167 cm³/mol.